The molecule has 0 amide bonds. The Balaban J connectivity index is 2.08. The molecular formula is C17H25ClN6O. The van der Waals surface area contributed by atoms with E-state index in [2.05, 4.69) is 25.4 Å². The Morgan fingerprint density at radius 1 is 1.32 bits per heavy atom. The summed E-state index contributed by atoms with van der Waals surface area (Å²) in [5, 5.41) is 12.3. The number of guanidine groups is 1. The molecule has 0 saturated carbocycles. The predicted molar refractivity (Wildman–Crippen MR) is 99.7 cm³/mol. The molecule has 0 aliphatic rings. The molecule has 7 nitrogen and oxygen atoms in total. The van der Waals surface area contributed by atoms with Gasteiger partial charge in [-0.15, -0.1) is 10.2 Å². The minimum atomic E-state index is 0.456. The highest BCUT2D eigenvalue weighted by Crippen LogP contribution is 2.11. The van der Waals surface area contributed by atoms with Crippen molar-refractivity contribution in [2.75, 3.05) is 27.3 Å². The lowest BCUT2D eigenvalue weighted by Crippen LogP contribution is -2.40. The number of nitrogens with zero attached hydrogens (tertiary/aromatic N) is 5. The van der Waals surface area contributed by atoms with Gasteiger partial charge in [-0.05, 0) is 24.6 Å². The third-order valence-corrected chi connectivity index (χ3v) is 4.09. The van der Waals surface area contributed by atoms with E-state index in [0.717, 1.165) is 28.2 Å². The molecule has 2 aromatic rings. The highest BCUT2D eigenvalue weighted by Gasteiger charge is 2.09. The summed E-state index contributed by atoms with van der Waals surface area (Å²) in [6.07, 6.45) is 0. The highest BCUT2D eigenvalue weighted by atomic mass is 35.5. The minimum absolute atomic E-state index is 0.456. The van der Waals surface area contributed by atoms with Crippen LogP contribution in [0.1, 0.15) is 17.2 Å². The summed E-state index contributed by atoms with van der Waals surface area (Å²) < 4.78 is 7.05. The molecule has 136 valence electrons. The van der Waals surface area contributed by atoms with Gasteiger partial charge in [0, 0.05) is 39.3 Å². The topological polar surface area (TPSA) is 67.6 Å². The molecule has 0 saturated heterocycles. The first-order valence-electron chi connectivity index (χ1n) is 8.09. The van der Waals surface area contributed by atoms with E-state index in [9.17, 15) is 0 Å². The van der Waals surface area contributed by atoms with Crippen LogP contribution in [0.25, 0.3) is 0 Å². The summed E-state index contributed by atoms with van der Waals surface area (Å²) in [7, 11) is 5.61. The SMILES string of the molecule is COCCNC(=NCc1nnc(C)n1C)N(C)Cc1ccc(Cl)cc1. The molecular weight excluding hydrogens is 340 g/mol. The fourth-order valence-electron chi connectivity index (χ4n) is 2.25. The van der Waals surface area contributed by atoms with Gasteiger partial charge in [-0.1, -0.05) is 23.7 Å². The number of benzene rings is 1. The molecule has 0 atom stereocenters. The molecule has 1 aromatic carbocycles. The number of hydrogen-bond acceptors (Lipinski definition) is 4. The molecule has 8 heteroatoms. The van der Waals surface area contributed by atoms with E-state index in [0.29, 0.717) is 26.2 Å². The first-order chi connectivity index (χ1) is 12.0. The first kappa shape index (κ1) is 19.2. The summed E-state index contributed by atoms with van der Waals surface area (Å²) in [6.45, 7) is 4.38. The zero-order valence-electron chi connectivity index (χ0n) is 15.2. The predicted octanol–water partition coefficient (Wildman–Crippen LogP) is 2.00. The van der Waals surface area contributed by atoms with Gasteiger partial charge in [0.1, 0.15) is 12.4 Å². The van der Waals surface area contributed by atoms with Gasteiger partial charge in [-0.3, -0.25) is 0 Å². The van der Waals surface area contributed by atoms with E-state index in [-0.39, 0.29) is 0 Å². The minimum Gasteiger partial charge on any atom is -0.383 e. The highest BCUT2D eigenvalue weighted by molar-refractivity contribution is 6.30. The van der Waals surface area contributed by atoms with Crippen LogP contribution in [0.5, 0.6) is 0 Å². The van der Waals surface area contributed by atoms with Crippen LogP contribution in [0, 0.1) is 6.92 Å². The zero-order chi connectivity index (χ0) is 18.2. The van der Waals surface area contributed by atoms with Gasteiger partial charge in [0.2, 0.25) is 0 Å². The molecule has 2 rings (SSSR count). The normalized spacial score (nSPS) is 11.6. The molecule has 1 N–H and O–H groups in total. The number of halogens is 1. The number of aryl methyl sites for hydroxylation is 1. The van der Waals surface area contributed by atoms with E-state index < -0.39 is 0 Å². The van der Waals surface area contributed by atoms with E-state index in [1.54, 1.807) is 7.11 Å². The molecule has 1 aromatic heterocycles. The molecule has 25 heavy (non-hydrogen) atoms. The van der Waals surface area contributed by atoms with E-state index in [4.69, 9.17) is 16.3 Å². The Morgan fingerprint density at radius 3 is 2.64 bits per heavy atom. The van der Waals surface area contributed by atoms with E-state index in [1.165, 1.54) is 0 Å². The molecule has 0 spiro atoms. The maximum atomic E-state index is 5.95. The average molecular weight is 365 g/mol. The Bertz CT molecular complexity index is 698. The van der Waals surface area contributed by atoms with Crippen LogP contribution >= 0.6 is 11.6 Å². The second-order valence-electron chi connectivity index (χ2n) is 5.76. The Labute approximate surface area is 153 Å². The van der Waals surface area contributed by atoms with Gasteiger partial charge >= 0.3 is 0 Å². The number of hydrogen-bond donors (Lipinski definition) is 1. The van der Waals surface area contributed by atoms with Crippen molar-refractivity contribution in [1.82, 2.24) is 25.0 Å². The molecule has 0 fully saturated rings. The number of nitrogens with one attached hydrogen (secondary N) is 1. The lowest BCUT2D eigenvalue weighted by Gasteiger charge is -2.22. The number of methoxy groups -OCH3 is 1. The van der Waals surface area contributed by atoms with Crippen molar-refractivity contribution in [1.29, 1.82) is 0 Å². The fraction of sp³-hybridized carbons (Fsp3) is 0.471. The van der Waals surface area contributed by atoms with Crippen molar-refractivity contribution in [3.8, 4) is 0 Å². The number of rotatable bonds is 7. The van der Waals surface area contributed by atoms with E-state index in [1.807, 2.05) is 49.9 Å². The van der Waals surface area contributed by atoms with Crippen molar-refractivity contribution < 1.29 is 4.74 Å². The maximum Gasteiger partial charge on any atom is 0.194 e. The lowest BCUT2D eigenvalue weighted by atomic mass is 10.2. The van der Waals surface area contributed by atoms with Crippen molar-refractivity contribution in [2.24, 2.45) is 12.0 Å². The molecule has 1 heterocycles. The summed E-state index contributed by atoms with van der Waals surface area (Å²) >= 11 is 5.95. The van der Waals surface area contributed by atoms with Crippen molar-refractivity contribution in [3.63, 3.8) is 0 Å². The van der Waals surface area contributed by atoms with Crippen LogP contribution in [-0.2, 0) is 24.9 Å². The second kappa shape index (κ2) is 9.39. The standard InChI is InChI=1S/C17H25ClN6O/c1-13-21-22-16(24(13)3)11-20-17(19-9-10-25-4)23(2)12-14-5-7-15(18)8-6-14/h5-8H,9-12H2,1-4H3,(H,19,20). The summed E-state index contributed by atoms with van der Waals surface area (Å²) in [4.78, 5) is 6.74. The molecule has 0 aliphatic carbocycles. The van der Waals surface area contributed by atoms with Gasteiger partial charge in [0.25, 0.3) is 0 Å². The summed E-state index contributed by atoms with van der Waals surface area (Å²) in [6, 6.07) is 7.81. The van der Waals surface area contributed by atoms with Gasteiger partial charge in [-0.25, -0.2) is 4.99 Å². The summed E-state index contributed by atoms with van der Waals surface area (Å²) in [5.41, 5.74) is 1.16. The van der Waals surface area contributed by atoms with Crippen molar-refractivity contribution in [3.05, 3.63) is 46.5 Å². The Kier molecular flexibility index (Phi) is 7.21. The Morgan fingerprint density at radius 2 is 2.04 bits per heavy atom. The van der Waals surface area contributed by atoms with Gasteiger partial charge in [-0.2, -0.15) is 0 Å². The smallest absolute Gasteiger partial charge is 0.194 e. The monoisotopic (exact) mass is 364 g/mol. The molecule has 0 radical (unpaired) electrons. The lowest BCUT2D eigenvalue weighted by molar-refractivity contribution is 0.203. The van der Waals surface area contributed by atoms with E-state index >= 15 is 0 Å². The summed E-state index contributed by atoms with van der Waals surface area (Å²) in [5.74, 6) is 2.48. The maximum absolute atomic E-state index is 5.95. The molecule has 0 aliphatic heterocycles. The third-order valence-electron chi connectivity index (χ3n) is 3.84. The fourth-order valence-corrected chi connectivity index (χ4v) is 2.38. The van der Waals surface area contributed by atoms with Crippen molar-refractivity contribution >= 4 is 17.6 Å². The average Bonchev–Trinajstić information content (AvgIpc) is 2.92. The molecule has 0 unspecified atom stereocenters. The molecule has 0 bridgehead atoms. The number of ether oxygens (including phenoxy) is 1. The van der Waals surface area contributed by atoms with Gasteiger partial charge in [0.15, 0.2) is 11.8 Å². The van der Waals surface area contributed by atoms with Crippen molar-refractivity contribution in [2.45, 2.75) is 20.0 Å². The van der Waals surface area contributed by atoms with Crippen LogP contribution in [0.4, 0.5) is 0 Å². The van der Waals surface area contributed by atoms with Crippen LogP contribution in [0.2, 0.25) is 5.02 Å². The van der Waals surface area contributed by atoms with Gasteiger partial charge in [0.05, 0.1) is 6.61 Å². The Hall–Kier alpha value is -2.12. The van der Waals surface area contributed by atoms with Gasteiger partial charge < -0.3 is 19.5 Å². The van der Waals surface area contributed by atoms with Crippen LogP contribution < -0.4 is 5.32 Å². The largest absolute Gasteiger partial charge is 0.383 e. The zero-order valence-corrected chi connectivity index (χ0v) is 15.9. The number of aromatic nitrogens is 3. The third kappa shape index (κ3) is 5.72. The van der Waals surface area contributed by atoms with Crippen LogP contribution in [0.3, 0.4) is 0 Å². The second-order valence-corrected chi connectivity index (χ2v) is 6.20. The van der Waals surface area contributed by atoms with Crippen LogP contribution in [-0.4, -0.2) is 52.9 Å². The number of aliphatic imine (C=N–C) groups is 1. The first-order valence-corrected chi connectivity index (χ1v) is 8.46. The van der Waals surface area contributed by atoms with Crippen LogP contribution in [0.15, 0.2) is 29.3 Å². The quantitative estimate of drug-likeness (QED) is 0.462.